The summed E-state index contributed by atoms with van der Waals surface area (Å²) in [5.74, 6) is -0.798. The lowest BCUT2D eigenvalue weighted by molar-refractivity contribution is -0.389. The quantitative estimate of drug-likeness (QED) is 0.0644. The normalized spacial score (nSPS) is 49.1. The van der Waals surface area contributed by atoms with E-state index >= 15 is 0 Å². The van der Waals surface area contributed by atoms with Crippen LogP contribution in [0.4, 0.5) is 0 Å². The van der Waals surface area contributed by atoms with Crippen LogP contribution >= 0.6 is 0 Å². The first-order valence-electron chi connectivity index (χ1n) is 20.1. The first-order valence-corrected chi connectivity index (χ1v) is 20.1. The van der Waals surface area contributed by atoms with E-state index in [1.807, 2.05) is 0 Å². The third-order valence-electron chi connectivity index (χ3n) is 11.2. The van der Waals surface area contributed by atoms with Gasteiger partial charge >= 0.3 is 0 Å². The van der Waals surface area contributed by atoms with E-state index in [-0.39, 0.29) is 6.61 Å². The summed E-state index contributed by atoms with van der Waals surface area (Å²) in [6.07, 6.45) is -42.5. The van der Waals surface area contributed by atoms with E-state index in [1.54, 1.807) is 6.92 Å². The van der Waals surface area contributed by atoms with Crippen molar-refractivity contribution in [2.75, 3.05) is 39.6 Å². The summed E-state index contributed by atoms with van der Waals surface area (Å²) >= 11 is 0. The van der Waals surface area contributed by atoms with Gasteiger partial charge in [0, 0.05) is 13.5 Å². The smallest absolute Gasteiger partial charge is 0.217 e. The van der Waals surface area contributed by atoms with Crippen LogP contribution in [0.15, 0.2) is 0 Å². The Labute approximate surface area is 353 Å². The molecule has 5 aliphatic rings. The number of nitrogens with one attached hydrogen (secondary N) is 1. The molecule has 362 valence electrons. The van der Waals surface area contributed by atoms with Crippen molar-refractivity contribution >= 4 is 5.91 Å². The Morgan fingerprint density at radius 2 is 0.806 bits per heavy atom. The number of hydrogen-bond donors (Lipinski definition) is 16. The summed E-state index contributed by atoms with van der Waals surface area (Å²) in [5.41, 5.74) is 0. The minimum Gasteiger partial charge on any atom is -0.394 e. The zero-order valence-electron chi connectivity index (χ0n) is 33.6. The fraction of sp³-hybridized carbons (Fsp3) is 0.971. The van der Waals surface area contributed by atoms with Crippen LogP contribution in [-0.4, -0.2) is 276 Å². The Bertz CT molecular complexity index is 1370. The van der Waals surface area contributed by atoms with Crippen LogP contribution in [0, 0.1) is 0 Å². The Morgan fingerprint density at radius 3 is 1.29 bits per heavy atom. The zero-order valence-corrected chi connectivity index (χ0v) is 33.6. The van der Waals surface area contributed by atoms with E-state index in [4.69, 9.17) is 47.4 Å². The largest absolute Gasteiger partial charge is 0.394 e. The minimum atomic E-state index is -2.14. The summed E-state index contributed by atoms with van der Waals surface area (Å²) < 4.78 is 56.5. The molecule has 5 heterocycles. The SMILES string of the molecule is CCCO[C@@H]1OC(CO)[C@@H](O[C@@H]2OC(CO)[C@H](O[C@H]3OC(CO)[C@H](O)C(O[C@@H]4OC(CO)[C@H](O)C(O[C@@H]5OC(CO)[C@H](O)C(O)[C@@H]5O)C4NC(C)=O)C3O)C(O)C2O)C(O)C1O. The Kier molecular flexibility index (Phi) is 18.9. The van der Waals surface area contributed by atoms with E-state index in [2.05, 4.69) is 5.32 Å². The lowest BCUT2D eigenvalue weighted by atomic mass is 9.94. The monoisotopic (exact) mass is 911 g/mol. The zero-order chi connectivity index (χ0) is 45.7. The second-order valence-electron chi connectivity index (χ2n) is 15.5. The average molecular weight is 912 g/mol. The highest BCUT2D eigenvalue weighted by Crippen LogP contribution is 2.36. The molecule has 14 unspecified atom stereocenters. The maximum Gasteiger partial charge on any atom is 0.217 e. The van der Waals surface area contributed by atoms with Crippen LogP contribution in [0.1, 0.15) is 20.3 Å². The Hall–Kier alpha value is -1.53. The van der Waals surface area contributed by atoms with Gasteiger partial charge in [-0.05, 0) is 6.42 Å². The van der Waals surface area contributed by atoms with Crippen molar-refractivity contribution < 1.29 is 129 Å². The predicted octanol–water partition coefficient (Wildman–Crippen LogP) is -10.3. The number of aliphatic hydroxyl groups excluding tert-OH is 15. The molecule has 16 N–H and O–H groups in total. The van der Waals surface area contributed by atoms with Crippen molar-refractivity contribution in [3.63, 3.8) is 0 Å². The second-order valence-corrected chi connectivity index (χ2v) is 15.5. The molecule has 0 aliphatic carbocycles. The van der Waals surface area contributed by atoms with Gasteiger partial charge in [0.25, 0.3) is 0 Å². The first-order chi connectivity index (χ1) is 29.5. The van der Waals surface area contributed by atoms with E-state index in [1.165, 1.54) is 0 Å². The molecule has 62 heavy (non-hydrogen) atoms. The highest BCUT2D eigenvalue weighted by Gasteiger charge is 2.57. The fourth-order valence-corrected chi connectivity index (χ4v) is 7.79. The standard InChI is InChI=1S/C35H61NO26/c1-3-4-53-32-24(50)21(47)27(14(8-40)57-32)59-34-25(51)22(48)28(15(9-41)58-34)60-35-26(52)30(19(45)13(7-39)56-35)62-31-16(36-10(2)42)29(18(44)12(6-38)54-31)61-33-23(49)20(46)17(43)11(5-37)55-33/h11-35,37-41,43-52H,3-9H2,1-2H3,(H,36,42)/t11?,12?,13?,14?,15?,16?,17-,18-,19-,20?,21?,22?,23-,24?,25?,26?,27+,28-,29?,30?,31-,32+,33-,34-,35+/m0/s1. The molecular weight excluding hydrogens is 850 g/mol. The van der Waals surface area contributed by atoms with Crippen LogP contribution in [0.5, 0.6) is 0 Å². The predicted molar refractivity (Wildman–Crippen MR) is 192 cm³/mol. The van der Waals surface area contributed by atoms with Crippen molar-refractivity contribution in [2.45, 2.75) is 174 Å². The lowest BCUT2D eigenvalue weighted by Crippen LogP contribution is -2.70. The summed E-state index contributed by atoms with van der Waals surface area (Å²) in [7, 11) is 0. The van der Waals surface area contributed by atoms with Crippen LogP contribution in [-0.2, 0) is 52.2 Å². The summed E-state index contributed by atoms with van der Waals surface area (Å²) in [4.78, 5) is 12.5. The Balaban J connectivity index is 1.34. The molecule has 0 bridgehead atoms. The van der Waals surface area contributed by atoms with Crippen LogP contribution < -0.4 is 5.32 Å². The molecular formula is C35H61NO26. The van der Waals surface area contributed by atoms with Crippen molar-refractivity contribution in [1.29, 1.82) is 0 Å². The van der Waals surface area contributed by atoms with Gasteiger partial charge in [-0.25, -0.2) is 0 Å². The summed E-state index contributed by atoms with van der Waals surface area (Å²) in [5, 5.41) is 161. The third kappa shape index (κ3) is 11.0. The van der Waals surface area contributed by atoms with Crippen molar-refractivity contribution in [3.8, 4) is 0 Å². The molecule has 5 fully saturated rings. The molecule has 27 nitrogen and oxygen atoms in total. The highest BCUT2D eigenvalue weighted by molar-refractivity contribution is 5.73. The molecule has 25 atom stereocenters. The first kappa shape index (κ1) is 51.5. The molecule has 0 radical (unpaired) electrons. The van der Waals surface area contributed by atoms with E-state index in [0.29, 0.717) is 6.42 Å². The number of carbonyl (C=O) groups is 1. The lowest BCUT2D eigenvalue weighted by Gasteiger charge is -2.50. The molecule has 27 heteroatoms. The average Bonchev–Trinajstić information content (AvgIpc) is 3.25. The third-order valence-corrected chi connectivity index (χ3v) is 11.2. The molecule has 1 amide bonds. The number of ether oxygens (including phenoxy) is 10. The van der Waals surface area contributed by atoms with Crippen molar-refractivity contribution in [1.82, 2.24) is 5.32 Å². The van der Waals surface area contributed by atoms with Gasteiger partial charge in [0.2, 0.25) is 5.91 Å². The van der Waals surface area contributed by atoms with Gasteiger partial charge in [-0.2, -0.15) is 0 Å². The van der Waals surface area contributed by atoms with E-state index < -0.39 is 192 Å². The molecule has 0 spiro atoms. The van der Waals surface area contributed by atoms with Crippen LogP contribution in [0.2, 0.25) is 0 Å². The molecule has 0 aromatic heterocycles. The maximum absolute atomic E-state index is 12.5. The number of hydrogen-bond acceptors (Lipinski definition) is 26. The van der Waals surface area contributed by atoms with Gasteiger partial charge in [-0.15, -0.1) is 0 Å². The van der Waals surface area contributed by atoms with Gasteiger partial charge in [0.1, 0.15) is 122 Å². The van der Waals surface area contributed by atoms with Crippen molar-refractivity contribution in [2.24, 2.45) is 0 Å². The van der Waals surface area contributed by atoms with Gasteiger partial charge < -0.3 is 129 Å². The molecule has 0 aromatic carbocycles. The fourth-order valence-electron chi connectivity index (χ4n) is 7.79. The van der Waals surface area contributed by atoms with Crippen LogP contribution in [0.3, 0.4) is 0 Å². The van der Waals surface area contributed by atoms with E-state index in [0.717, 1.165) is 6.92 Å². The van der Waals surface area contributed by atoms with Gasteiger partial charge in [-0.1, -0.05) is 6.92 Å². The number of carbonyl (C=O) groups excluding carboxylic acids is 1. The molecule has 5 rings (SSSR count). The topological polar surface area (TPSA) is 425 Å². The molecule has 0 aromatic rings. The van der Waals surface area contributed by atoms with Gasteiger partial charge in [0.15, 0.2) is 31.5 Å². The van der Waals surface area contributed by atoms with Crippen LogP contribution in [0.25, 0.3) is 0 Å². The Morgan fingerprint density at radius 1 is 0.435 bits per heavy atom. The van der Waals surface area contributed by atoms with Crippen molar-refractivity contribution in [3.05, 3.63) is 0 Å². The minimum absolute atomic E-state index is 0.142. The van der Waals surface area contributed by atoms with Gasteiger partial charge in [-0.3, -0.25) is 4.79 Å². The number of aliphatic hydroxyl groups is 15. The number of amides is 1. The maximum atomic E-state index is 12.5. The summed E-state index contributed by atoms with van der Waals surface area (Å²) in [6, 6.07) is -1.67. The molecule has 0 saturated carbocycles. The molecule has 5 saturated heterocycles. The number of rotatable bonds is 17. The second kappa shape index (κ2) is 22.8. The van der Waals surface area contributed by atoms with Gasteiger partial charge in [0.05, 0.1) is 33.0 Å². The summed E-state index contributed by atoms with van der Waals surface area (Å²) in [6.45, 7) is -1.51. The van der Waals surface area contributed by atoms with E-state index in [9.17, 15) is 81.4 Å². The highest BCUT2D eigenvalue weighted by atomic mass is 16.8. The molecule has 5 aliphatic heterocycles.